The smallest absolute Gasteiger partial charge is 0.270 e. The number of nitrogens with zero attached hydrogens (tertiary/aromatic N) is 5. The van der Waals surface area contributed by atoms with Crippen molar-refractivity contribution in [1.82, 2.24) is 20.2 Å². The van der Waals surface area contributed by atoms with Gasteiger partial charge in [-0.05, 0) is 20.3 Å². The van der Waals surface area contributed by atoms with E-state index >= 15 is 0 Å². The van der Waals surface area contributed by atoms with Gasteiger partial charge in [0.25, 0.3) is 12.2 Å². The molecule has 0 unspecified atom stereocenters. The number of nitrogens with one attached hydrogen (secondary N) is 2. The molecule has 2 aromatic rings. The molecule has 20 heavy (non-hydrogen) atoms. The lowest BCUT2D eigenvalue weighted by Crippen LogP contribution is -2.49. The summed E-state index contributed by atoms with van der Waals surface area (Å²) in [6.45, 7) is 6.45. The number of fused-ring (bicyclic) bond motifs is 3. The van der Waals surface area contributed by atoms with Gasteiger partial charge in [0, 0.05) is 11.1 Å². The quantitative estimate of drug-likeness (QED) is 0.427. The Bertz CT molecular complexity index is 620. The Morgan fingerprint density at radius 3 is 3.00 bits per heavy atom. The van der Waals surface area contributed by atoms with Crippen LogP contribution in [-0.2, 0) is 0 Å². The van der Waals surface area contributed by atoms with Gasteiger partial charge in [-0.3, -0.25) is 5.43 Å². The molecule has 1 aliphatic heterocycles. The van der Waals surface area contributed by atoms with Crippen molar-refractivity contribution < 1.29 is 4.57 Å². The molecule has 0 spiro atoms. The van der Waals surface area contributed by atoms with E-state index in [1.54, 1.807) is 12.5 Å². The second-order valence-corrected chi connectivity index (χ2v) is 5.08. The van der Waals surface area contributed by atoms with E-state index in [0.29, 0.717) is 12.0 Å². The maximum absolute atomic E-state index is 5.43. The normalized spacial score (nSPS) is 17.1. The third-order valence-electron chi connectivity index (χ3n) is 3.59. The van der Waals surface area contributed by atoms with Gasteiger partial charge in [-0.25, -0.2) is 10.8 Å². The van der Waals surface area contributed by atoms with E-state index in [0.717, 1.165) is 23.8 Å². The summed E-state index contributed by atoms with van der Waals surface area (Å²) < 4.78 is 2.00. The van der Waals surface area contributed by atoms with Gasteiger partial charge in [-0.2, -0.15) is 9.55 Å². The molecule has 0 amide bonds. The molecule has 0 radical (unpaired) electrons. The van der Waals surface area contributed by atoms with E-state index in [9.17, 15) is 0 Å². The van der Waals surface area contributed by atoms with Crippen molar-refractivity contribution in [2.24, 2.45) is 5.84 Å². The van der Waals surface area contributed by atoms with Crippen molar-refractivity contribution in [2.75, 3.05) is 10.3 Å². The Labute approximate surface area is 117 Å². The van der Waals surface area contributed by atoms with E-state index < -0.39 is 0 Å². The van der Waals surface area contributed by atoms with Gasteiger partial charge in [0.2, 0.25) is 5.95 Å². The molecule has 0 aromatic carbocycles. The number of hydrazine groups is 1. The van der Waals surface area contributed by atoms with Crippen LogP contribution in [0.15, 0.2) is 12.5 Å². The number of rotatable bonds is 3. The highest BCUT2D eigenvalue weighted by Crippen LogP contribution is 2.35. The summed E-state index contributed by atoms with van der Waals surface area (Å²) >= 11 is 0. The monoisotopic (exact) mass is 275 g/mol. The number of nitrogen functional groups attached to an aromatic ring is 1. The first kappa shape index (κ1) is 12.8. The van der Waals surface area contributed by atoms with Crippen molar-refractivity contribution in [1.29, 1.82) is 0 Å². The van der Waals surface area contributed by atoms with Crippen LogP contribution in [0.4, 0.5) is 11.8 Å². The first-order valence-corrected chi connectivity index (χ1v) is 6.74. The van der Waals surface area contributed by atoms with Gasteiger partial charge in [-0.1, -0.05) is 6.92 Å². The molecule has 8 nitrogen and oxygen atoms in total. The van der Waals surface area contributed by atoms with Crippen LogP contribution in [0.1, 0.15) is 39.1 Å². The van der Waals surface area contributed by atoms with Gasteiger partial charge in [0.15, 0.2) is 11.5 Å². The lowest BCUT2D eigenvalue weighted by Gasteiger charge is -2.37. The molecule has 106 valence electrons. The fourth-order valence-corrected chi connectivity index (χ4v) is 2.77. The lowest BCUT2D eigenvalue weighted by atomic mass is 10.1. The summed E-state index contributed by atoms with van der Waals surface area (Å²) in [6, 6.07) is 0.502. The first-order chi connectivity index (χ1) is 9.67. The summed E-state index contributed by atoms with van der Waals surface area (Å²) in [5.74, 6) is 7.76. The second-order valence-electron chi connectivity index (χ2n) is 5.08. The molecule has 1 aliphatic rings. The lowest BCUT2D eigenvalue weighted by molar-refractivity contribution is -0.608. The SMILES string of the molecule is CC[C@@H]1c2[nH]nc[n+]2-c2cnc(NN)nc2N1C(C)C. The van der Waals surface area contributed by atoms with Gasteiger partial charge in [-0.15, -0.1) is 5.10 Å². The third-order valence-corrected chi connectivity index (χ3v) is 3.59. The number of hydrogen-bond donors (Lipinski definition) is 3. The van der Waals surface area contributed by atoms with Crippen molar-refractivity contribution in [2.45, 2.75) is 39.3 Å². The third kappa shape index (κ3) is 1.72. The van der Waals surface area contributed by atoms with Crippen LogP contribution in [0, 0.1) is 0 Å². The van der Waals surface area contributed by atoms with Gasteiger partial charge >= 0.3 is 0 Å². The van der Waals surface area contributed by atoms with Crippen LogP contribution in [0.2, 0.25) is 0 Å². The Morgan fingerprint density at radius 2 is 2.35 bits per heavy atom. The summed E-state index contributed by atoms with van der Waals surface area (Å²) in [5.41, 5.74) is 3.41. The average Bonchev–Trinajstić information content (AvgIpc) is 2.93. The van der Waals surface area contributed by atoms with Crippen LogP contribution in [0.5, 0.6) is 0 Å². The highest BCUT2D eigenvalue weighted by molar-refractivity contribution is 5.57. The Kier molecular flexibility index (Phi) is 3.01. The molecule has 1 atom stereocenters. The largest absolute Gasteiger partial charge is 0.338 e. The average molecular weight is 275 g/mol. The summed E-state index contributed by atoms with van der Waals surface area (Å²) in [5, 5.41) is 7.24. The fraction of sp³-hybridized carbons (Fsp3) is 0.500. The molecule has 3 rings (SSSR count). The van der Waals surface area contributed by atoms with E-state index in [1.807, 2.05) is 4.57 Å². The molecule has 0 aliphatic carbocycles. The van der Waals surface area contributed by atoms with E-state index in [2.05, 4.69) is 51.3 Å². The zero-order valence-electron chi connectivity index (χ0n) is 11.8. The minimum atomic E-state index is 0.200. The van der Waals surface area contributed by atoms with Crippen LogP contribution in [0.25, 0.3) is 5.69 Å². The van der Waals surface area contributed by atoms with Crippen LogP contribution in [0.3, 0.4) is 0 Å². The number of H-pyrrole nitrogens is 1. The number of anilines is 2. The number of hydrogen-bond acceptors (Lipinski definition) is 6. The maximum atomic E-state index is 5.43. The molecule has 8 heteroatoms. The standard InChI is InChI=1S/C12H18N8/c1-4-8-11-18-15-6-19(11)9-5-14-12(17-13)16-10(9)20(8)7(2)3/h5-8H,4,13H2,1-3H3,(H,14,16,17)/p+1/t8-/m1/s1. The summed E-state index contributed by atoms with van der Waals surface area (Å²) in [4.78, 5) is 11.0. The zero-order valence-corrected chi connectivity index (χ0v) is 11.8. The predicted molar refractivity (Wildman–Crippen MR) is 74.2 cm³/mol. The Morgan fingerprint density at radius 1 is 1.55 bits per heavy atom. The minimum absolute atomic E-state index is 0.200. The Hall–Kier alpha value is -2.22. The molecule has 3 heterocycles. The molecular formula is C12H19N8+. The highest BCUT2D eigenvalue weighted by Gasteiger charge is 2.38. The maximum Gasteiger partial charge on any atom is 0.270 e. The highest BCUT2D eigenvalue weighted by atomic mass is 15.4. The molecule has 0 fully saturated rings. The second kappa shape index (κ2) is 4.71. The van der Waals surface area contributed by atoms with Crippen molar-refractivity contribution in [3.05, 3.63) is 18.3 Å². The van der Waals surface area contributed by atoms with Gasteiger partial charge in [0.05, 0.1) is 6.20 Å². The molecule has 0 saturated carbocycles. The van der Waals surface area contributed by atoms with Crippen LogP contribution >= 0.6 is 0 Å². The minimum Gasteiger partial charge on any atom is -0.338 e. The van der Waals surface area contributed by atoms with Gasteiger partial charge in [0.1, 0.15) is 6.04 Å². The molecular weight excluding hydrogens is 256 g/mol. The van der Waals surface area contributed by atoms with E-state index in [-0.39, 0.29) is 6.04 Å². The van der Waals surface area contributed by atoms with Gasteiger partial charge < -0.3 is 4.90 Å². The van der Waals surface area contributed by atoms with Crippen molar-refractivity contribution in [3.63, 3.8) is 0 Å². The van der Waals surface area contributed by atoms with Crippen molar-refractivity contribution in [3.8, 4) is 5.69 Å². The molecule has 0 bridgehead atoms. The first-order valence-electron chi connectivity index (χ1n) is 6.74. The topological polar surface area (TPSA) is 99.6 Å². The molecule has 0 saturated heterocycles. The summed E-state index contributed by atoms with van der Waals surface area (Å²) in [6.07, 6.45) is 4.47. The zero-order chi connectivity index (χ0) is 14.3. The number of aromatic amines is 1. The van der Waals surface area contributed by atoms with Crippen LogP contribution in [-0.4, -0.2) is 26.2 Å². The summed E-state index contributed by atoms with van der Waals surface area (Å²) in [7, 11) is 0. The fourth-order valence-electron chi connectivity index (χ4n) is 2.77. The molecule has 2 aromatic heterocycles. The predicted octanol–water partition coefficient (Wildman–Crippen LogP) is 0.442. The Balaban J connectivity index is 2.24. The molecule has 4 N–H and O–H groups in total. The van der Waals surface area contributed by atoms with Crippen molar-refractivity contribution >= 4 is 11.8 Å². The number of aromatic nitrogens is 5. The van der Waals surface area contributed by atoms with Crippen LogP contribution < -0.4 is 20.7 Å². The van der Waals surface area contributed by atoms with E-state index in [4.69, 9.17) is 5.84 Å². The number of nitrogens with two attached hydrogens (primary N) is 1. The van der Waals surface area contributed by atoms with E-state index in [1.165, 1.54) is 0 Å².